The van der Waals surface area contributed by atoms with Crippen LogP contribution in [0.4, 0.5) is 0 Å². The first-order valence-electron chi connectivity index (χ1n) is 6.05. The number of carbonyl (C=O) groups is 1. The van der Waals surface area contributed by atoms with Crippen molar-refractivity contribution >= 4 is 5.97 Å². The Labute approximate surface area is 112 Å². The van der Waals surface area contributed by atoms with Crippen LogP contribution in [0.15, 0.2) is 36.8 Å². The van der Waals surface area contributed by atoms with E-state index in [1.54, 1.807) is 12.3 Å². The molecule has 1 N–H and O–H groups in total. The van der Waals surface area contributed by atoms with Crippen molar-refractivity contribution in [3.05, 3.63) is 53.6 Å². The van der Waals surface area contributed by atoms with Crippen molar-refractivity contribution in [2.75, 3.05) is 14.2 Å². The van der Waals surface area contributed by atoms with Crippen LogP contribution in [0, 0.1) is 0 Å². The summed E-state index contributed by atoms with van der Waals surface area (Å²) in [4.78, 5) is 15.5. The first kappa shape index (κ1) is 13.3. The number of pyridine rings is 1. The molecule has 19 heavy (non-hydrogen) atoms. The summed E-state index contributed by atoms with van der Waals surface area (Å²) in [7, 11) is 3.28. The number of hydrogen-bond donors (Lipinski definition) is 1. The second-order valence-electron chi connectivity index (χ2n) is 4.25. The summed E-state index contributed by atoms with van der Waals surface area (Å²) in [6.07, 6.45) is 5.63. The Morgan fingerprint density at radius 3 is 2.89 bits per heavy atom. The second-order valence-corrected chi connectivity index (χ2v) is 4.25. The lowest BCUT2D eigenvalue weighted by Gasteiger charge is -2.04. The van der Waals surface area contributed by atoms with Gasteiger partial charge in [-0.25, -0.2) is 4.79 Å². The predicted octanol–water partition coefficient (Wildman–Crippen LogP) is 1.44. The fourth-order valence-corrected chi connectivity index (χ4v) is 1.84. The largest absolute Gasteiger partial charge is 0.465 e. The summed E-state index contributed by atoms with van der Waals surface area (Å²) in [6.45, 7) is 1.53. The van der Waals surface area contributed by atoms with Crippen molar-refractivity contribution in [2.45, 2.75) is 13.1 Å². The van der Waals surface area contributed by atoms with Gasteiger partial charge in [0.15, 0.2) is 0 Å². The minimum absolute atomic E-state index is 0.365. The summed E-state index contributed by atoms with van der Waals surface area (Å²) < 4.78 is 6.70. The number of hydrogen-bond acceptors (Lipinski definition) is 4. The molecule has 0 radical (unpaired) electrons. The predicted molar refractivity (Wildman–Crippen MR) is 71.9 cm³/mol. The number of carbonyl (C=O) groups excluding carboxylic acids is 1. The van der Waals surface area contributed by atoms with Gasteiger partial charge in [0.05, 0.1) is 24.9 Å². The molecule has 2 aromatic rings. The van der Waals surface area contributed by atoms with Crippen molar-refractivity contribution in [2.24, 2.45) is 0 Å². The maximum Gasteiger partial charge on any atom is 0.339 e. The van der Waals surface area contributed by atoms with Crippen LogP contribution in [0.1, 0.15) is 21.6 Å². The van der Waals surface area contributed by atoms with E-state index in [1.807, 2.05) is 19.3 Å². The molecule has 0 saturated heterocycles. The molecule has 0 bridgehead atoms. The summed E-state index contributed by atoms with van der Waals surface area (Å²) in [6, 6.07) is 5.63. The van der Waals surface area contributed by atoms with Gasteiger partial charge in [0, 0.05) is 25.1 Å². The van der Waals surface area contributed by atoms with Gasteiger partial charge in [-0.3, -0.25) is 4.98 Å². The third kappa shape index (κ3) is 3.42. The highest BCUT2D eigenvalue weighted by atomic mass is 16.5. The van der Waals surface area contributed by atoms with Gasteiger partial charge in [0.1, 0.15) is 0 Å². The molecule has 0 atom stereocenters. The molecular formula is C14H17N3O2. The average Bonchev–Trinajstić information content (AvgIpc) is 2.86. The van der Waals surface area contributed by atoms with Crippen LogP contribution >= 0.6 is 0 Å². The van der Waals surface area contributed by atoms with Gasteiger partial charge in [0.2, 0.25) is 0 Å². The lowest BCUT2D eigenvalue weighted by molar-refractivity contribution is 0.0600. The van der Waals surface area contributed by atoms with Gasteiger partial charge in [-0.05, 0) is 30.8 Å². The molecule has 2 aromatic heterocycles. The highest BCUT2D eigenvalue weighted by molar-refractivity contribution is 5.88. The Morgan fingerprint density at radius 2 is 2.26 bits per heavy atom. The Bertz CT molecular complexity index is 546. The van der Waals surface area contributed by atoms with Gasteiger partial charge in [-0.2, -0.15) is 0 Å². The lowest BCUT2D eigenvalue weighted by Crippen LogP contribution is -2.05. The molecule has 2 rings (SSSR count). The minimum atomic E-state index is -0.365. The molecule has 5 heteroatoms. The Morgan fingerprint density at radius 1 is 1.42 bits per heavy atom. The van der Waals surface area contributed by atoms with Crippen molar-refractivity contribution in [3.63, 3.8) is 0 Å². The third-order valence-corrected chi connectivity index (χ3v) is 2.78. The van der Waals surface area contributed by atoms with Crippen LogP contribution in [0.3, 0.4) is 0 Å². The first-order valence-corrected chi connectivity index (χ1v) is 6.05. The van der Waals surface area contributed by atoms with Crippen molar-refractivity contribution in [1.29, 1.82) is 0 Å². The zero-order valence-corrected chi connectivity index (χ0v) is 11.1. The molecule has 2 heterocycles. The van der Waals surface area contributed by atoms with Crippen LogP contribution in [0.5, 0.6) is 0 Å². The van der Waals surface area contributed by atoms with E-state index >= 15 is 0 Å². The van der Waals surface area contributed by atoms with Crippen LogP contribution in [0.25, 0.3) is 0 Å². The number of ether oxygens (including phenoxy) is 1. The van der Waals surface area contributed by atoms with E-state index in [9.17, 15) is 4.79 Å². The molecular weight excluding hydrogens is 242 g/mol. The molecule has 0 saturated carbocycles. The normalized spacial score (nSPS) is 10.4. The summed E-state index contributed by atoms with van der Waals surface area (Å²) in [5.74, 6) is -0.365. The molecule has 0 fully saturated rings. The number of esters is 1. The van der Waals surface area contributed by atoms with E-state index in [4.69, 9.17) is 0 Å². The van der Waals surface area contributed by atoms with Crippen molar-refractivity contribution in [3.8, 4) is 0 Å². The van der Waals surface area contributed by atoms with Gasteiger partial charge < -0.3 is 14.6 Å². The molecule has 100 valence electrons. The third-order valence-electron chi connectivity index (χ3n) is 2.78. The van der Waals surface area contributed by atoms with Crippen LogP contribution in [-0.4, -0.2) is 29.7 Å². The van der Waals surface area contributed by atoms with Crippen LogP contribution in [0.2, 0.25) is 0 Å². The first-order chi connectivity index (χ1) is 9.22. The van der Waals surface area contributed by atoms with Crippen molar-refractivity contribution < 1.29 is 9.53 Å². The average molecular weight is 259 g/mol. The second kappa shape index (κ2) is 6.15. The van der Waals surface area contributed by atoms with Crippen LogP contribution < -0.4 is 5.32 Å². The maximum atomic E-state index is 11.3. The standard InChI is InChI=1S/C14H17N3O2/c1-15-7-11-5-6-17(9-11)10-13-4-3-12(8-16-13)14(18)19-2/h3-6,8-9,15H,7,10H2,1-2H3. The fraction of sp³-hybridized carbons (Fsp3) is 0.286. The topological polar surface area (TPSA) is 56.2 Å². The highest BCUT2D eigenvalue weighted by Gasteiger charge is 2.05. The minimum Gasteiger partial charge on any atom is -0.465 e. The van der Waals surface area contributed by atoms with E-state index < -0.39 is 0 Å². The molecule has 0 unspecified atom stereocenters. The monoisotopic (exact) mass is 259 g/mol. The molecule has 5 nitrogen and oxygen atoms in total. The maximum absolute atomic E-state index is 11.3. The number of methoxy groups -OCH3 is 1. The van der Waals surface area contributed by atoms with Crippen LogP contribution in [-0.2, 0) is 17.8 Å². The van der Waals surface area contributed by atoms with Gasteiger partial charge in [-0.1, -0.05) is 0 Å². The summed E-state index contributed by atoms with van der Waals surface area (Å²) in [5, 5.41) is 3.11. The Hall–Kier alpha value is -2.14. The SMILES string of the molecule is CNCc1ccn(Cc2ccc(C(=O)OC)cn2)c1. The zero-order valence-electron chi connectivity index (χ0n) is 11.1. The molecule has 0 aliphatic heterocycles. The van der Waals surface area contributed by atoms with Gasteiger partial charge >= 0.3 is 5.97 Å². The number of aromatic nitrogens is 2. The Kier molecular flexibility index (Phi) is 4.30. The van der Waals surface area contributed by atoms with E-state index in [-0.39, 0.29) is 5.97 Å². The number of nitrogens with one attached hydrogen (secondary N) is 1. The lowest BCUT2D eigenvalue weighted by atomic mass is 10.2. The molecule has 0 spiro atoms. The molecule has 0 aliphatic carbocycles. The Balaban J connectivity index is 2.04. The molecule has 0 aromatic carbocycles. The van der Waals surface area contributed by atoms with E-state index in [0.29, 0.717) is 12.1 Å². The quantitative estimate of drug-likeness (QED) is 0.825. The number of nitrogens with zero attached hydrogens (tertiary/aromatic N) is 2. The highest BCUT2D eigenvalue weighted by Crippen LogP contribution is 2.06. The van der Waals surface area contributed by atoms with E-state index in [1.165, 1.54) is 12.7 Å². The number of rotatable bonds is 5. The van der Waals surface area contributed by atoms with Crippen molar-refractivity contribution in [1.82, 2.24) is 14.9 Å². The summed E-state index contributed by atoms with van der Waals surface area (Å²) >= 11 is 0. The smallest absolute Gasteiger partial charge is 0.339 e. The van der Waals surface area contributed by atoms with E-state index in [0.717, 1.165) is 12.2 Å². The van der Waals surface area contributed by atoms with E-state index in [2.05, 4.69) is 31.9 Å². The van der Waals surface area contributed by atoms with Gasteiger partial charge in [-0.15, -0.1) is 0 Å². The fourth-order valence-electron chi connectivity index (χ4n) is 1.84. The summed E-state index contributed by atoms with van der Waals surface area (Å²) in [5.41, 5.74) is 2.60. The zero-order chi connectivity index (χ0) is 13.7. The molecule has 0 aliphatic rings. The molecule has 0 amide bonds. The van der Waals surface area contributed by atoms with Gasteiger partial charge in [0.25, 0.3) is 0 Å².